The molecule has 4 heteroatoms. The van der Waals surface area contributed by atoms with E-state index in [1.807, 2.05) is 13.1 Å². The molecule has 0 atom stereocenters. The highest BCUT2D eigenvalue weighted by atomic mass is 32.2. The first-order valence-electron chi connectivity index (χ1n) is 4.04. The predicted octanol–water partition coefficient (Wildman–Crippen LogP) is 1.34. The Labute approximate surface area is 82.7 Å². The van der Waals surface area contributed by atoms with Crippen molar-refractivity contribution in [1.82, 2.24) is 15.3 Å². The van der Waals surface area contributed by atoms with E-state index < -0.39 is 0 Å². The van der Waals surface area contributed by atoms with Crippen LogP contribution in [0, 0.1) is 0 Å². The molecule has 1 aromatic heterocycles. The Hall–Kier alpha value is -0.870. The zero-order valence-electron chi connectivity index (χ0n) is 7.66. The fraction of sp³-hybridized carbons (Fsp3) is 0.333. The van der Waals surface area contributed by atoms with Crippen molar-refractivity contribution in [3.05, 3.63) is 30.6 Å². The minimum atomic E-state index is 0.805. The van der Waals surface area contributed by atoms with Gasteiger partial charge in [0.25, 0.3) is 0 Å². The molecule has 1 N–H and O–H groups in total. The molecule has 1 aromatic rings. The van der Waals surface area contributed by atoms with Gasteiger partial charge in [-0.05, 0) is 13.1 Å². The first kappa shape index (κ1) is 10.2. The smallest absolute Gasteiger partial charge is 0.187 e. The third-order valence-electron chi connectivity index (χ3n) is 1.37. The van der Waals surface area contributed by atoms with Crippen LogP contribution in [0.4, 0.5) is 0 Å². The molecule has 0 spiro atoms. The Balaban J connectivity index is 2.31. The Morgan fingerprint density at radius 3 is 2.85 bits per heavy atom. The van der Waals surface area contributed by atoms with Gasteiger partial charge < -0.3 is 5.32 Å². The van der Waals surface area contributed by atoms with Crippen molar-refractivity contribution in [3.8, 4) is 0 Å². The zero-order chi connectivity index (χ0) is 9.52. The number of rotatable bonds is 5. The van der Waals surface area contributed by atoms with Gasteiger partial charge in [-0.3, -0.25) is 0 Å². The molecule has 0 aliphatic heterocycles. The lowest BCUT2D eigenvalue weighted by Gasteiger charge is -2.02. The maximum atomic E-state index is 4.10. The summed E-state index contributed by atoms with van der Waals surface area (Å²) >= 11 is 1.61. The molecule has 3 nitrogen and oxygen atoms in total. The van der Waals surface area contributed by atoms with Crippen molar-refractivity contribution in [2.45, 2.75) is 5.16 Å². The van der Waals surface area contributed by atoms with Gasteiger partial charge in [0.1, 0.15) is 0 Å². The zero-order valence-corrected chi connectivity index (χ0v) is 8.47. The van der Waals surface area contributed by atoms with E-state index in [0.717, 1.165) is 23.0 Å². The van der Waals surface area contributed by atoms with E-state index in [1.54, 1.807) is 24.2 Å². The minimum absolute atomic E-state index is 0.805. The Morgan fingerprint density at radius 2 is 2.23 bits per heavy atom. The molecule has 1 rings (SSSR count). The lowest BCUT2D eigenvalue weighted by molar-refractivity contribution is 0.884. The molecule has 70 valence electrons. The second-order valence-electron chi connectivity index (χ2n) is 2.60. The SMILES string of the molecule is C=C(CNC)CSc1ncccn1. The summed E-state index contributed by atoms with van der Waals surface area (Å²) in [6.45, 7) is 4.77. The van der Waals surface area contributed by atoms with Crippen molar-refractivity contribution in [2.24, 2.45) is 0 Å². The summed E-state index contributed by atoms with van der Waals surface area (Å²) in [5.74, 6) is 0.866. The molecular formula is C9H13N3S. The van der Waals surface area contributed by atoms with E-state index in [9.17, 15) is 0 Å². The molecule has 0 amide bonds. The number of nitrogens with one attached hydrogen (secondary N) is 1. The number of likely N-dealkylation sites (N-methyl/N-ethyl adjacent to an activating group) is 1. The second-order valence-corrected chi connectivity index (χ2v) is 3.54. The Bertz CT molecular complexity index is 261. The van der Waals surface area contributed by atoms with Crippen LogP contribution in [0.5, 0.6) is 0 Å². The van der Waals surface area contributed by atoms with E-state index in [2.05, 4.69) is 21.9 Å². The average Bonchev–Trinajstić information content (AvgIpc) is 2.17. The van der Waals surface area contributed by atoms with E-state index in [0.29, 0.717) is 0 Å². The van der Waals surface area contributed by atoms with Crippen LogP contribution < -0.4 is 5.32 Å². The van der Waals surface area contributed by atoms with Crippen molar-refractivity contribution in [1.29, 1.82) is 0 Å². The molecule has 0 aromatic carbocycles. The average molecular weight is 195 g/mol. The molecule has 0 saturated heterocycles. The second kappa shape index (κ2) is 5.72. The number of nitrogens with zero attached hydrogens (tertiary/aromatic N) is 2. The summed E-state index contributed by atoms with van der Waals surface area (Å²) < 4.78 is 0. The third kappa shape index (κ3) is 4.05. The van der Waals surface area contributed by atoms with Crippen LogP contribution >= 0.6 is 11.8 Å². The lowest BCUT2D eigenvalue weighted by Crippen LogP contribution is -2.10. The molecule has 0 aliphatic rings. The number of hydrogen-bond donors (Lipinski definition) is 1. The standard InChI is InChI=1S/C9H13N3S/c1-8(6-10-2)7-13-9-11-4-3-5-12-9/h3-5,10H,1,6-7H2,2H3. The first-order chi connectivity index (χ1) is 6.33. The van der Waals surface area contributed by atoms with Gasteiger partial charge in [0, 0.05) is 24.7 Å². The summed E-state index contributed by atoms with van der Waals surface area (Å²) in [5.41, 5.74) is 1.15. The highest BCUT2D eigenvalue weighted by Gasteiger charge is 1.97. The summed E-state index contributed by atoms with van der Waals surface area (Å²) in [7, 11) is 1.91. The lowest BCUT2D eigenvalue weighted by atomic mass is 10.3. The van der Waals surface area contributed by atoms with Gasteiger partial charge in [0.05, 0.1) is 0 Å². The number of aromatic nitrogens is 2. The molecule has 1 heterocycles. The van der Waals surface area contributed by atoms with Gasteiger partial charge in [0.2, 0.25) is 0 Å². The van der Waals surface area contributed by atoms with Crippen LogP contribution in [0.3, 0.4) is 0 Å². The normalized spacial score (nSPS) is 9.92. The van der Waals surface area contributed by atoms with E-state index in [1.165, 1.54) is 0 Å². The van der Waals surface area contributed by atoms with E-state index in [4.69, 9.17) is 0 Å². The van der Waals surface area contributed by atoms with Gasteiger partial charge in [-0.1, -0.05) is 23.9 Å². The van der Waals surface area contributed by atoms with Gasteiger partial charge in [-0.2, -0.15) is 0 Å². The Morgan fingerprint density at radius 1 is 1.54 bits per heavy atom. The van der Waals surface area contributed by atoms with Gasteiger partial charge in [-0.15, -0.1) is 0 Å². The van der Waals surface area contributed by atoms with Crippen LogP contribution in [-0.2, 0) is 0 Å². The van der Waals surface area contributed by atoms with Gasteiger partial charge in [0.15, 0.2) is 5.16 Å². The molecule has 0 saturated carbocycles. The molecule has 13 heavy (non-hydrogen) atoms. The maximum absolute atomic E-state index is 4.10. The molecule has 0 fully saturated rings. The molecular weight excluding hydrogens is 182 g/mol. The van der Waals surface area contributed by atoms with Crippen LogP contribution in [-0.4, -0.2) is 29.3 Å². The number of thioether (sulfide) groups is 1. The molecule has 0 aliphatic carbocycles. The highest BCUT2D eigenvalue weighted by molar-refractivity contribution is 7.99. The Kier molecular flexibility index (Phi) is 4.49. The largest absolute Gasteiger partial charge is 0.316 e. The van der Waals surface area contributed by atoms with Crippen LogP contribution in [0.15, 0.2) is 35.8 Å². The maximum Gasteiger partial charge on any atom is 0.187 e. The van der Waals surface area contributed by atoms with Crippen molar-refractivity contribution >= 4 is 11.8 Å². The topological polar surface area (TPSA) is 37.8 Å². The van der Waals surface area contributed by atoms with Gasteiger partial charge >= 0.3 is 0 Å². The monoisotopic (exact) mass is 195 g/mol. The molecule has 0 unspecified atom stereocenters. The molecule has 0 bridgehead atoms. The summed E-state index contributed by atoms with van der Waals surface area (Å²) in [4.78, 5) is 8.20. The molecule has 0 radical (unpaired) electrons. The quantitative estimate of drug-likeness (QED) is 0.437. The third-order valence-corrected chi connectivity index (χ3v) is 2.40. The first-order valence-corrected chi connectivity index (χ1v) is 5.02. The highest BCUT2D eigenvalue weighted by Crippen LogP contribution is 2.13. The fourth-order valence-electron chi connectivity index (χ4n) is 0.828. The summed E-state index contributed by atoms with van der Waals surface area (Å²) in [5, 5.41) is 3.86. The number of hydrogen-bond acceptors (Lipinski definition) is 4. The van der Waals surface area contributed by atoms with E-state index in [-0.39, 0.29) is 0 Å². The predicted molar refractivity (Wildman–Crippen MR) is 55.8 cm³/mol. The van der Waals surface area contributed by atoms with Crippen molar-refractivity contribution in [2.75, 3.05) is 19.3 Å². The van der Waals surface area contributed by atoms with Gasteiger partial charge in [-0.25, -0.2) is 9.97 Å². The fourth-order valence-corrected chi connectivity index (χ4v) is 1.53. The van der Waals surface area contributed by atoms with Crippen molar-refractivity contribution < 1.29 is 0 Å². The summed E-state index contributed by atoms with van der Waals surface area (Å²) in [6.07, 6.45) is 3.49. The van der Waals surface area contributed by atoms with Crippen molar-refractivity contribution in [3.63, 3.8) is 0 Å². The van der Waals surface area contributed by atoms with E-state index >= 15 is 0 Å². The van der Waals surface area contributed by atoms with Crippen LogP contribution in [0.1, 0.15) is 0 Å². The van der Waals surface area contributed by atoms with Crippen LogP contribution in [0.25, 0.3) is 0 Å². The van der Waals surface area contributed by atoms with Crippen LogP contribution in [0.2, 0.25) is 0 Å². The summed E-state index contributed by atoms with van der Waals surface area (Å²) in [6, 6.07) is 1.81. The minimum Gasteiger partial charge on any atom is -0.316 e.